The van der Waals surface area contributed by atoms with Gasteiger partial charge in [-0.25, -0.2) is 0 Å². The highest BCUT2D eigenvalue weighted by molar-refractivity contribution is 5.48. The first kappa shape index (κ1) is 11.5. The lowest BCUT2D eigenvalue weighted by molar-refractivity contribution is 0.659. The van der Waals surface area contributed by atoms with Crippen LogP contribution in [0.2, 0.25) is 0 Å². The van der Waals surface area contributed by atoms with Crippen molar-refractivity contribution in [1.82, 2.24) is 0 Å². The van der Waals surface area contributed by atoms with Gasteiger partial charge in [-0.05, 0) is 43.4 Å². The normalized spacial score (nSPS) is 22.4. The van der Waals surface area contributed by atoms with Gasteiger partial charge in [0, 0.05) is 24.8 Å². The van der Waals surface area contributed by atoms with E-state index in [0.717, 1.165) is 12.3 Å². The standard InChI is InChI=1S/C14H22N2/c1-11-7-8-16(10-11)14-5-3-13(4-6-14)9-12(2)15/h3-6,11-12H,7-10,15H2,1-2H3. The second-order valence-corrected chi connectivity index (χ2v) is 5.19. The lowest BCUT2D eigenvalue weighted by atomic mass is 10.1. The topological polar surface area (TPSA) is 29.3 Å². The van der Waals surface area contributed by atoms with Crippen LogP contribution in [0.3, 0.4) is 0 Å². The molecule has 1 fully saturated rings. The number of nitrogens with two attached hydrogens (primary N) is 1. The number of hydrogen-bond acceptors (Lipinski definition) is 2. The molecule has 2 heteroatoms. The molecule has 0 aliphatic carbocycles. The van der Waals surface area contributed by atoms with Gasteiger partial charge in [0.05, 0.1) is 0 Å². The van der Waals surface area contributed by atoms with E-state index in [1.54, 1.807) is 0 Å². The van der Waals surface area contributed by atoms with Gasteiger partial charge in [0.15, 0.2) is 0 Å². The first-order chi connectivity index (χ1) is 7.65. The summed E-state index contributed by atoms with van der Waals surface area (Å²) in [6, 6.07) is 9.13. The van der Waals surface area contributed by atoms with Crippen molar-refractivity contribution in [1.29, 1.82) is 0 Å². The molecule has 0 radical (unpaired) electrons. The fraction of sp³-hybridized carbons (Fsp3) is 0.571. The Hall–Kier alpha value is -1.02. The summed E-state index contributed by atoms with van der Waals surface area (Å²) in [7, 11) is 0. The highest BCUT2D eigenvalue weighted by atomic mass is 15.1. The van der Waals surface area contributed by atoms with E-state index in [1.165, 1.54) is 30.8 Å². The molecule has 2 atom stereocenters. The molecule has 0 saturated carbocycles. The van der Waals surface area contributed by atoms with Crippen LogP contribution in [0.5, 0.6) is 0 Å². The Bertz CT molecular complexity index is 329. The molecule has 16 heavy (non-hydrogen) atoms. The van der Waals surface area contributed by atoms with Gasteiger partial charge in [-0.15, -0.1) is 0 Å². The lowest BCUT2D eigenvalue weighted by Gasteiger charge is -2.18. The van der Waals surface area contributed by atoms with Crippen LogP contribution in [0.25, 0.3) is 0 Å². The van der Waals surface area contributed by atoms with Crippen molar-refractivity contribution in [3.8, 4) is 0 Å². The van der Waals surface area contributed by atoms with Crippen molar-refractivity contribution in [3.63, 3.8) is 0 Å². The minimum absolute atomic E-state index is 0.248. The monoisotopic (exact) mass is 218 g/mol. The zero-order valence-corrected chi connectivity index (χ0v) is 10.3. The average Bonchev–Trinajstić information content (AvgIpc) is 2.65. The van der Waals surface area contributed by atoms with Gasteiger partial charge in [-0.1, -0.05) is 19.1 Å². The van der Waals surface area contributed by atoms with Crippen LogP contribution in [0.15, 0.2) is 24.3 Å². The summed E-state index contributed by atoms with van der Waals surface area (Å²) in [5.41, 5.74) is 8.49. The van der Waals surface area contributed by atoms with Gasteiger partial charge in [0.1, 0.15) is 0 Å². The Kier molecular flexibility index (Phi) is 3.49. The Morgan fingerprint density at radius 3 is 2.56 bits per heavy atom. The Labute approximate surface area is 98.4 Å². The fourth-order valence-electron chi connectivity index (χ4n) is 2.38. The zero-order chi connectivity index (χ0) is 11.5. The van der Waals surface area contributed by atoms with Crippen molar-refractivity contribution in [2.24, 2.45) is 11.7 Å². The molecule has 0 spiro atoms. The molecule has 88 valence electrons. The summed E-state index contributed by atoms with van der Waals surface area (Å²) in [6.45, 7) is 6.78. The maximum absolute atomic E-state index is 5.79. The van der Waals surface area contributed by atoms with E-state index in [-0.39, 0.29) is 6.04 Å². The van der Waals surface area contributed by atoms with Gasteiger partial charge in [-0.3, -0.25) is 0 Å². The number of hydrogen-bond donors (Lipinski definition) is 1. The van der Waals surface area contributed by atoms with Gasteiger partial charge in [0.25, 0.3) is 0 Å². The van der Waals surface area contributed by atoms with Crippen molar-refractivity contribution in [2.45, 2.75) is 32.7 Å². The van der Waals surface area contributed by atoms with E-state index >= 15 is 0 Å². The molecule has 2 rings (SSSR count). The van der Waals surface area contributed by atoms with E-state index in [0.29, 0.717) is 0 Å². The van der Waals surface area contributed by atoms with E-state index in [2.05, 4.69) is 43.0 Å². The second kappa shape index (κ2) is 4.88. The fourth-order valence-corrected chi connectivity index (χ4v) is 2.38. The molecule has 1 aliphatic heterocycles. The minimum atomic E-state index is 0.248. The summed E-state index contributed by atoms with van der Waals surface area (Å²) in [4.78, 5) is 2.47. The van der Waals surface area contributed by atoms with Crippen molar-refractivity contribution in [3.05, 3.63) is 29.8 Å². The van der Waals surface area contributed by atoms with E-state index < -0.39 is 0 Å². The zero-order valence-electron chi connectivity index (χ0n) is 10.3. The first-order valence-corrected chi connectivity index (χ1v) is 6.24. The highest BCUT2D eigenvalue weighted by Gasteiger charge is 2.18. The van der Waals surface area contributed by atoms with Crippen molar-refractivity contribution in [2.75, 3.05) is 18.0 Å². The number of benzene rings is 1. The third-order valence-corrected chi connectivity index (χ3v) is 3.28. The number of anilines is 1. The maximum Gasteiger partial charge on any atom is 0.0366 e. The smallest absolute Gasteiger partial charge is 0.0366 e. The van der Waals surface area contributed by atoms with E-state index in [1.807, 2.05) is 0 Å². The maximum atomic E-state index is 5.79. The minimum Gasteiger partial charge on any atom is -0.371 e. The third-order valence-electron chi connectivity index (χ3n) is 3.28. The molecule has 1 aromatic rings. The van der Waals surface area contributed by atoms with Gasteiger partial charge >= 0.3 is 0 Å². The molecule has 1 heterocycles. The lowest BCUT2D eigenvalue weighted by Crippen LogP contribution is -2.19. The predicted molar refractivity (Wildman–Crippen MR) is 69.8 cm³/mol. The number of rotatable bonds is 3. The molecular weight excluding hydrogens is 196 g/mol. The molecule has 0 amide bonds. The van der Waals surface area contributed by atoms with Crippen LogP contribution in [0, 0.1) is 5.92 Å². The van der Waals surface area contributed by atoms with Gasteiger partial charge < -0.3 is 10.6 Å². The summed E-state index contributed by atoms with van der Waals surface area (Å²) in [6.07, 6.45) is 2.29. The Morgan fingerprint density at radius 2 is 2.06 bits per heavy atom. The quantitative estimate of drug-likeness (QED) is 0.844. The predicted octanol–water partition coefficient (Wildman–Crippen LogP) is 2.42. The summed E-state index contributed by atoms with van der Waals surface area (Å²) in [5.74, 6) is 0.837. The van der Waals surface area contributed by atoms with Crippen LogP contribution in [-0.4, -0.2) is 19.1 Å². The largest absolute Gasteiger partial charge is 0.371 e. The summed E-state index contributed by atoms with van der Waals surface area (Å²) in [5, 5.41) is 0. The molecule has 1 aromatic carbocycles. The molecule has 1 saturated heterocycles. The van der Waals surface area contributed by atoms with Gasteiger partial charge in [-0.2, -0.15) is 0 Å². The van der Waals surface area contributed by atoms with Gasteiger partial charge in [0.2, 0.25) is 0 Å². The SMILES string of the molecule is CC(N)Cc1ccc(N2CCC(C)C2)cc1. The van der Waals surface area contributed by atoms with E-state index in [4.69, 9.17) is 5.73 Å². The molecule has 0 aromatic heterocycles. The highest BCUT2D eigenvalue weighted by Crippen LogP contribution is 2.23. The molecule has 2 N–H and O–H groups in total. The molecule has 2 unspecified atom stereocenters. The summed E-state index contributed by atoms with van der Waals surface area (Å²) < 4.78 is 0. The third kappa shape index (κ3) is 2.76. The molecular formula is C14H22N2. The Balaban J connectivity index is 2.02. The van der Waals surface area contributed by atoms with E-state index in [9.17, 15) is 0 Å². The van der Waals surface area contributed by atoms with Crippen molar-refractivity contribution >= 4 is 5.69 Å². The first-order valence-electron chi connectivity index (χ1n) is 6.24. The summed E-state index contributed by atoms with van der Waals surface area (Å²) >= 11 is 0. The van der Waals surface area contributed by atoms with Crippen molar-refractivity contribution < 1.29 is 0 Å². The molecule has 2 nitrogen and oxygen atoms in total. The van der Waals surface area contributed by atoms with Crippen LogP contribution in [0.4, 0.5) is 5.69 Å². The number of nitrogens with zero attached hydrogens (tertiary/aromatic N) is 1. The van der Waals surface area contributed by atoms with Crippen LogP contribution in [-0.2, 0) is 6.42 Å². The average molecular weight is 218 g/mol. The molecule has 1 aliphatic rings. The Morgan fingerprint density at radius 1 is 1.38 bits per heavy atom. The second-order valence-electron chi connectivity index (χ2n) is 5.19. The van der Waals surface area contributed by atoms with Crippen LogP contribution >= 0.6 is 0 Å². The van der Waals surface area contributed by atoms with Crippen LogP contribution < -0.4 is 10.6 Å². The molecule has 0 bridgehead atoms. The van der Waals surface area contributed by atoms with Crippen LogP contribution in [0.1, 0.15) is 25.8 Å².